The maximum atomic E-state index is 13.8. The molecule has 1 aromatic carbocycles. The molecule has 1 aliphatic rings. The maximum absolute atomic E-state index is 13.8. The van der Waals surface area contributed by atoms with Gasteiger partial charge in [-0.2, -0.15) is 0 Å². The van der Waals surface area contributed by atoms with Crippen LogP contribution in [0.5, 0.6) is 0 Å². The average molecular weight is 627 g/mol. The van der Waals surface area contributed by atoms with Crippen LogP contribution >= 0.6 is 40.2 Å². The molecular formula is C22H21F2IN7OPS. The van der Waals surface area contributed by atoms with E-state index in [1.807, 2.05) is 64.3 Å². The molecule has 0 saturated heterocycles. The van der Waals surface area contributed by atoms with Crippen molar-refractivity contribution in [3.63, 3.8) is 0 Å². The van der Waals surface area contributed by atoms with Crippen molar-refractivity contribution in [1.82, 2.24) is 23.9 Å². The van der Waals surface area contributed by atoms with Gasteiger partial charge in [-0.25, -0.2) is 23.7 Å². The van der Waals surface area contributed by atoms with Crippen LogP contribution in [0.25, 0.3) is 22.4 Å². The van der Waals surface area contributed by atoms with E-state index < -0.39 is 6.43 Å². The minimum Gasteiger partial charge on any atom is -0.353 e. The standard InChI is InChI=1S/C22H21F2IN7OPS/c1-31-9-15(26-10-31)12-5-6-13(16(7-12)35-2)27-14-8-17(29-22(33)11-3-4-11)28-20-18(14)30-21(19(23)24)32(20)34-25/h5-11,19,34H,3-4H2,1-2H3,(H2,27,28,29,33). The number of pyridine rings is 1. The predicted octanol–water partition coefficient (Wildman–Crippen LogP) is 6.38. The Kier molecular flexibility index (Phi) is 6.95. The van der Waals surface area contributed by atoms with Crippen LogP contribution in [0.4, 0.5) is 26.0 Å². The zero-order valence-corrected chi connectivity index (χ0v) is 22.7. The van der Waals surface area contributed by atoms with Crippen molar-refractivity contribution in [2.24, 2.45) is 13.0 Å². The van der Waals surface area contributed by atoms with Crippen LogP contribution in [-0.4, -0.2) is 36.0 Å². The first-order chi connectivity index (χ1) is 16.9. The molecule has 4 aromatic rings. The summed E-state index contributed by atoms with van der Waals surface area (Å²) in [6.45, 7) is 0. The molecule has 1 fully saturated rings. The van der Waals surface area contributed by atoms with E-state index in [0.29, 0.717) is 22.7 Å². The van der Waals surface area contributed by atoms with Crippen LogP contribution < -0.4 is 10.6 Å². The van der Waals surface area contributed by atoms with Crippen LogP contribution in [0.1, 0.15) is 25.1 Å². The number of carbonyl (C=O) groups excluding carboxylic acids is 1. The van der Waals surface area contributed by atoms with Gasteiger partial charge in [-0.05, 0) is 53.3 Å². The molecule has 0 aliphatic heterocycles. The number of rotatable bonds is 8. The largest absolute Gasteiger partial charge is 0.353 e. The quantitative estimate of drug-likeness (QED) is 0.134. The fourth-order valence-corrected chi connectivity index (χ4v) is 6.17. The van der Waals surface area contributed by atoms with Gasteiger partial charge in [-0.15, -0.1) is 11.8 Å². The fraction of sp³-hybridized carbons (Fsp3) is 0.273. The molecule has 1 aliphatic carbocycles. The van der Waals surface area contributed by atoms with E-state index in [4.69, 9.17) is 0 Å². The van der Waals surface area contributed by atoms with Crippen molar-refractivity contribution >= 4 is 74.4 Å². The number of hydrogen-bond acceptors (Lipinski definition) is 6. The minimum absolute atomic E-state index is 0.0147. The highest BCUT2D eigenvalue weighted by Gasteiger charge is 2.30. The van der Waals surface area contributed by atoms with Crippen molar-refractivity contribution in [2.45, 2.75) is 24.2 Å². The molecule has 13 heteroatoms. The monoisotopic (exact) mass is 627 g/mol. The Morgan fingerprint density at radius 2 is 2.06 bits per heavy atom. The number of aryl methyl sites for hydroxylation is 1. The lowest BCUT2D eigenvalue weighted by Gasteiger charge is -2.14. The summed E-state index contributed by atoms with van der Waals surface area (Å²) in [5.74, 6) is -0.155. The molecule has 0 spiro atoms. The maximum Gasteiger partial charge on any atom is 0.295 e. The van der Waals surface area contributed by atoms with Gasteiger partial charge in [-0.3, -0.25) is 9.13 Å². The van der Waals surface area contributed by atoms with Gasteiger partial charge >= 0.3 is 0 Å². The van der Waals surface area contributed by atoms with Gasteiger partial charge in [0.2, 0.25) is 5.91 Å². The number of fused-ring (bicyclic) bond motifs is 1. The molecule has 182 valence electrons. The van der Waals surface area contributed by atoms with E-state index in [1.165, 1.54) is 4.34 Å². The smallest absolute Gasteiger partial charge is 0.295 e. The Balaban J connectivity index is 1.58. The van der Waals surface area contributed by atoms with Crippen molar-refractivity contribution in [3.05, 3.63) is 42.6 Å². The zero-order valence-electron chi connectivity index (χ0n) is 18.7. The van der Waals surface area contributed by atoms with E-state index in [2.05, 4.69) is 25.6 Å². The summed E-state index contributed by atoms with van der Waals surface area (Å²) in [4.78, 5) is 26.5. The topological polar surface area (TPSA) is 89.7 Å². The molecule has 5 rings (SSSR count). The van der Waals surface area contributed by atoms with Gasteiger partial charge in [0.15, 0.2) is 11.5 Å². The van der Waals surface area contributed by atoms with Gasteiger partial charge in [0, 0.05) is 35.7 Å². The number of aromatic nitrogens is 5. The first-order valence-electron chi connectivity index (χ1n) is 10.7. The summed E-state index contributed by atoms with van der Waals surface area (Å²) >= 11 is 3.58. The highest BCUT2D eigenvalue weighted by Crippen LogP contribution is 2.40. The van der Waals surface area contributed by atoms with Crippen molar-refractivity contribution in [2.75, 3.05) is 16.9 Å². The molecule has 1 saturated carbocycles. The van der Waals surface area contributed by atoms with Crippen LogP contribution in [0.3, 0.4) is 0 Å². The summed E-state index contributed by atoms with van der Waals surface area (Å²) in [5, 5.41) is 6.19. The van der Waals surface area contributed by atoms with E-state index in [9.17, 15) is 13.6 Å². The number of benzene rings is 1. The molecule has 1 atom stereocenters. The first-order valence-corrected chi connectivity index (χ1v) is 16.0. The van der Waals surface area contributed by atoms with Crippen molar-refractivity contribution in [3.8, 4) is 11.3 Å². The third-order valence-electron chi connectivity index (χ3n) is 5.59. The molecule has 3 heterocycles. The number of nitrogens with zero attached hydrogens (tertiary/aromatic N) is 5. The molecule has 1 unspecified atom stereocenters. The second-order valence-corrected chi connectivity index (χ2v) is 11.1. The van der Waals surface area contributed by atoms with E-state index in [-0.39, 0.29) is 24.0 Å². The molecule has 8 nitrogen and oxygen atoms in total. The summed E-state index contributed by atoms with van der Waals surface area (Å²) in [7, 11) is 1.92. The number of nitrogens with one attached hydrogen (secondary N) is 2. The lowest BCUT2D eigenvalue weighted by Crippen LogP contribution is -2.14. The lowest BCUT2D eigenvalue weighted by atomic mass is 10.1. The van der Waals surface area contributed by atoms with Crippen LogP contribution in [0.2, 0.25) is 0 Å². The van der Waals surface area contributed by atoms with Gasteiger partial charge in [0.05, 0.1) is 29.8 Å². The summed E-state index contributed by atoms with van der Waals surface area (Å²) in [5.41, 5.74) is 3.74. The van der Waals surface area contributed by atoms with Crippen LogP contribution in [0.15, 0.2) is 41.7 Å². The van der Waals surface area contributed by atoms with E-state index in [1.54, 1.807) is 24.2 Å². The summed E-state index contributed by atoms with van der Waals surface area (Å²) < 4.78 is 30.8. The Morgan fingerprint density at radius 3 is 2.69 bits per heavy atom. The Labute approximate surface area is 219 Å². The van der Waals surface area contributed by atoms with E-state index in [0.717, 1.165) is 34.7 Å². The first kappa shape index (κ1) is 24.4. The van der Waals surface area contributed by atoms with Crippen molar-refractivity contribution < 1.29 is 13.6 Å². The Hall–Kier alpha value is -2.31. The van der Waals surface area contributed by atoms with Crippen LogP contribution in [-0.2, 0) is 11.8 Å². The van der Waals surface area contributed by atoms with Gasteiger partial charge < -0.3 is 15.2 Å². The molecule has 2 N–H and O–H groups in total. The number of hydrogen-bond donors (Lipinski definition) is 2. The highest BCUT2D eigenvalue weighted by atomic mass is 127. The number of thioether (sulfide) groups is 1. The molecule has 0 bridgehead atoms. The second kappa shape index (κ2) is 9.98. The number of halogens is 3. The second-order valence-electron chi connectivity index (χ2n) is 8.15. The number of carbonyl (C=O) groups is 1. The molecular weight excluding hydrogens is 606 g/mol. The molecule has 1 amide bonds. The lowest BCUT2D eigenvalue weighted by molar-refractivity contribution is -0.117. The van der Waals surface area contributed by atoms with Gasteiger partial charge in [-0.1, -0.05) is 6.07 Å². The zero-order chi connectivity index (χ0) is 24.7. The molecule has 3 aromatic heterocycles. The van der Waals surface area contributed by atoms with Crippen LogP contribution in [0, 0.1) is 5.92 Å². The summed E-state index contributed by atoms with van der Waals surface area (Å²) in [6.07, 6.45) is 4.58. The normalized spacial score (nSPS) is 13.9. The summed E-state index contributed by atoms with van der Waals surface area (Å²) in [6, 6.07) is 7.56. The number of amides is 1. The SMILES string of the molecule is CSc1cc(-c2cn(C)cn2)ccc1Nc1cc(NC(=O)C2CC2)nc2c1nc(C(F)F)n2PI. The van der Waals surface area contributed by atoms with Crippen molar-refractivity contribution in [1.29, 1.82) is 0 Å². The molecule has 0 radical (unpaired) electrons. The third kappa shape index (κ3) is 5.01. The fourth-order valence-electron chi connectivity index (χ4n) is 3.69. The average Bonchev–Trinajstić information content (AvgIpc) is 3.50. The number of imidazole rings is 2. The Morgan fingerprint density at radius 1 is 1.26 bits per heavy atom. The number of alkyl halides is 2. The third-order valence-corrected chi connectivity index (χ3v) is 8.43. The van der Waals surface area contributed by atoms with Gasteiger partial charge in [0.1, 0.15) is 11.3 Å². The van der Waals surface area contributed by atoms with Gasteiger partial charge in [0.25, 0.3) is 6.43 Å². The molecule has 35 heavy (non-hydrogen) atoms. The highest BCUT2D eigenvalue weighted by molar-refractivity contribution is 14.2. The van der Waals surface area contributed by atoms with E-state index >= 15 is 0 Å². The minimum atomic E-state index is -2.75. The Bertz CT molecular complexity index is 1420. The number of anilines is 3. The predicted molar refractivity (Wildman–Crippen MR) is 145 cm³/mol.